The molecule has 0 unspecified atom stereocenters. The Bertz CT molecular complexity index is 558. The molecule has 1 aliphatic heterocycles. The van der Waals surface area contributed by atoms with E-state index in [9.17, 15) is 13.2 Å². The van der Waals surface area contributed by atoms with E-state index in [0.29, 0.717) is 6.47 Å². The van der Waals surface area contributed by atoms with E-state index in [0.717, 1.165) is 31.5 Å². The third-order valence-electron chi connectivity index (χ3n) is 3.41. The molecule has 23 heavy (non-hydrogen) atoms. The van der Waals surface area contributed by atoms with E-state index in [2.05, 4.69) is 10.1 Å². The van der Waals surface area contributed by atoms with Crippen LogP contribution < -0.4 is 5.32 Å². The molecule has 0 radical (unpaired) electrons. The van der Waals surface area contributed by atoms with Crippen molar-refractivity contribution in [3.8, 4) is 0 Å². The molecule has 1 N–H and O–H groups in total. The zero-order valence-corrected chi connectivity index (χ0v) is 14.9. The summed E-state index contributed by atoms with van der Waals surface area (Å²) in [5.74, 6) is 0.179. The summed E-state index contributed by atoms with van der Waals surface area (Å²) >= 11 is 0. The second-order valence-corrected chi connectivity index (χ2v) is 8.85. The lowest BCUT2D eigenvalue weighted by atomic mass is 10.2. The number of rotatable bonds is 4. The van der Waals surface area contributed by atoms with Crippen molar-refractivity contribution in [2.24, 2.45) is 0 Å². The van der Waals surface area contributed by atoms with Gasteiger partial charge in [-0.3, -0.25) is 4.79 Å². The molecule has 5 nitrogen and oxygen atoms in total. The van der Waals surface area contributed by atoms with Gasteiger partial charge in [-0.25, -0.2) is 8.42 Å². The molecular weight excluding hydrogens is 314 g/mol. The van der Waals surface area contributed by atoms with Crippen LogP contribution in [-0.4, -0.2) is 38.8 Å². The van der Waals surface area contributed by atoms with Gasteiger partial charge in [0.05, 0.1) is 11.0 Å². The lowest BCUT2D eigenvalue weighted by Gasteiger charge is -2.22. The number of hydrogen-bond acceptors (Lipinski definition) is 5. The monoisotopic (exact) mass is 341 g/mol. The Labute approximate surface area is 139 Å². The van der Waals surface area contributed by atoms with Crippen LogP contribution in [0.3, 0.4) is 0 Å². The predicted molar refractivity (Wildman–Crippen MR) is 91.9 cm³/mol. The Balaban J connectivity index is 0.000000322. The molecule has 0 bridgehead atoms. The van der Waals surface area contributed by atoms with Crippen molar-refractivity contribution in [2.75, 3.05) is 13.1 Å². The molecule has 0 atom stereocenters. The minimum atomic E-state index is -2.98. The Kier molecular flexibility index (Phi) is 7.72. The maximum Gasteiger partial charge on any atom is 0.293 e. The first-order chi connectivity index (χ1) is 10.7. The van der Waals surface area contributed by atoms with Crippen molar-refractivity contribution in [1.82, 2.24) is 5.32 Å². The normalized spacial score (nSPS) is 16.1. The largest absolute Gasteiger partial charge is 0.462 e. The third kappa shape index (κ3) is 8.13. The molecule has 1 aromatic rings. The number of benzene rings is 1. The molecule has 1 saturated heterocycles. The molecule has 0 saturated carbocycles. The number of carbonyl (C=O) groups is 1. The average Bonchev–Trinajstić information content (AvgIpc) is 2.48. The van der Waals surface area contributed by atoms with Crippen LogP contribution in [0, 0.1) is 0 Å². The summed E-state index contributed by atoms with van der Waals surface area (Å²) in [7, 11) is -2.98. The smallest absolute Gasteiger partial charge is 0.293 e. The van der Waals surface area contributed by atoms with Gasteiger partial charge in [0.15, 0.2) is 9.84 Å². The number of nitrogens with one attached hydrogen (secondary N) is 1. The van der Waals surface area contributed by atoms with Gasteiger partial charge in [0, 0.05) is 0 Å². The lowest BCUT2D eigenvalue weighted by Crippen LogP contribution is -2.36. The fourth-order valence-corrected chi connectivity index (χ4v) is 4.07. The standard InChI is InChI=1S/C12H17NO2S.C5H10O2/c14-16(15,12-6-8-13-9-7-12)10-11-4-2-1-3-5-11;1-5(2,3)7-4-6/h1-5,12-13H,6-10H2;4H,1-3H3. The van der Waals surface area contributed by atoms with Gasteiger partial charge in [-0.2, -0.15) is 0 Å². The number of sulfone groups is 1. The Morgan fingerprint density at radius 2 is 1.74 bits per heavy atom. The molecule has 1 heterocycles. The van der Waals surface area contributed by atoms with Gasteiger partial charge >= 0.3 is 0 Å². The van der Waals surface area contributed by atoms with Crippen LogP contribution in [0.4, 0.5) is 0 Å². The topological polar surface area (TPSA) is 72.5 Å². The lowest BCUT2D eigenvalue weighted by molar-refractivity contribution is -0.138. The summed E-state index contributed by atoms with van der Waals surface area (Å²) in [6.45, 7) is 7.56. The molecule has 0 aliphatic carbocycles. The second kappa shape index (κ2) is 9.03. The van der Waals surface area contributed by atoms with Crippen LogP contribution in [0.2, 0.25) is 0 Å². The van der Waals surface area contributed by atoms with Crippen LogP contribution >= 0.6 is 0 Å². The fraction of sp³-hybridized carbons (Fsp3) is 0.588. The van der Waals surface area contributed by atoms with Gasteiger partial charge in [0.25, 0.3) is 6.47 Å². The SMILES string of the molecule is CC(C)(C)OC=O.O=S(=O)(Cc1ccccc1)C1CCNCC1. The first-order valence-corrected chi connectivity index (χ1v) is 9.54. The molecular formula is C17H27NO4S. The zero-order chi connectivity index (χ0) is 17.3. The van der Waals surface area contributed by atoms with Gasteiger partial charge in [-0.1, -0.05) is 30.3 Å². The summed E-state index contributed by atoms with van der Waals surface area (Å²) in [5, 5.41) is 3.03. The Hall–Kier alpha value is -1.40. The molecule has 6 heteroatoms. The minimum absolute atomic E-state index is 0.158. The van der Waals surface area contributed by atoms with E-state index >= 15 is 0 Å². The number of hydrogen-bond donors (Lipinski definition) is 1. The van der Waals surface area contributed by atoms with Crippen molar-refractivity contribution in [1.29, 1.82) is 0 Å². The van der Waals surface area contributed by atoms with Gasteiger partial charge in [0.1, 0.15) is 5.60 Å². The van der Waals surface area contributed by atoms with Crippen molar-refractivity contribution < 1.29 is 17.9 Å². The molecule has 1 aromatic carbocycles. The predicted octanol–water partition coefficient (Wildman–Crippen LogP) is 2.31. The molecule has 130 valence electrons. The summed E-state index contributed by atoms with van der Waals surface area (Å²) in [6, 6.07) is 9.42. The van der Waals surface area contributed by atoms with Crippen LogP contribution in [0.5, 0.6) is 0 Å². The van der Waals surface area contributed by atoms with Crippen LogP contribution in [0.15, 0.2) is 30.3 Å². The Morgan fingerprint density at radius 1 is 1.17 bits per heavy atom. The third-order valence-corrected chi connectivity index (χ3v) is 5.63. The molecule has 1 aliphatic rings. The Morgan fingerprint density at radius 3 is 2.17 bits per heavy atom. The number of piperidine rings is 1. The summed E-state index contributed by atoms with van der Waals surface area (Å²) < 4.78 is 28.8. The maximum absolute atomic E-state index is 12.1. The van der Waals surface area contributed by atoms with Gasteiger partial charge in [-0.15, -0.1) is 0 Å². The highest BCUT2D eigenvalue weighted by Crippen LogP contribution is 2.18. The second-order valence-electron chi connectivity index (χ2n) is 6.57. The summed E-state index contributed by atoms with van der Waals surface area (Å²) in [6.07, 6.45) is 1.49. The van der Waals surface area contributed by atoms with Gasteiger partial charge in [-0.05, 0) is 52.3 Å². The molecule has 0 amide bonds. The number of carbonyl (C=O) groups excluding carboxylic acids is 1. The molecule has 1 fully saturated rings. The van der Waals surface area contributed by atoms with Gasteiger partial charge in [0.2, 0.25) is 0 Å². The van der Waals surface area contributed by atoms with Crippen LogP contribution in [0.1, 0.15) is 39.2 Å². The van der Waals surface area contributed by atoms with E-state index in [1.807, 2.05) is 51.1 Å². The summed E-state index contributed by atoms with van der Waals surface area (Å²) in [4.78, 5) is 9.60. The molecule has 0 aromatic heterocycles. The fourth-order valence-electron chi connectivity index (χ4n) is 2.22. The van der Waals surface area contributed by atoms with Crippen LogP contribution in [-0.2, 0) is 25.1 Å². The van der Waals surface area contributed by atoms with E-state index in [-0.39, 0.29) is 16.6 Å². The van der Waals surface area contributed by atoms with Gasteiger partial charge < -0.3 is 10.1 Å². The van der Waals surface area contributed by atoms with Crippen molar-refractivity contribution in [2.45, 2.75) is 50.2 Å². The minimum Gasteiger partial charge on any atom is -0.462 e. The first-order valence-electron chi connectivity index (χ1n) is 7.82. The highest BCUT2D eigenvalue weighted by atomic mass is 32.2. The zero-order valence-electron chi connectivity index (χ0n) is 14.1. The highest BCUT2D eigenvalue weighted by Gasteiger charge is 2.26. The van der Waals surface area contributed by atoms with Crippen molar-refractivity contribution in [3.63, 3.8) is 0 Å². The summed E-state index contributed by atoms with van der Waals surface area (Å²) in [5.41, 5.74) is 0.572. The molecule has 2 rings (SSSR count). The highest BCUT2D eigenvalue weighted by molar-refractivity contribution is 7.91. The molecule has 0 spiro atoms. The van der Waals surface area contributed by atoms with Crippen molar-refractivity contribution in [3.05, 3.63) is 35.9 Å². The quantitative estimate of drug-likeness (QED) is 0.851. The van der Waals surface area contributed by atoms with Crippen molar-refractivity contribution >= 4 is 16.3 Å². The maximum atomic E-state index is 12.1. The average molecular weight is 341 g/mol. The first kappa shape index (κ1) is 19.6. The van der Waals surface area contributed by atoms with E-state index in [4.69, 9.17) is 0 Å². The van der Waals surface area contributed by atoms with Crippen LogP contribution in [0.25, 0.3) is 0 Å². The van der Waals surface area contributed by atoms with E-state index in [1.165, 1.54) is 0 Å². The van der Waals surface area contributed by atoms with E-state index in [1.54, 1.807) is 0 Å². The number of ether oxygens (including phenoxy) is 1. The van der Waals surface area contributed by atoms with E-state index < -0.39 is 9.84 Å².